The van der Waals surface area contributed by atoms with Crippen LogP contribution in [0.5, 0.6) is 0 Å². The Kier molecular flexibility index (Phi) is 12.7. The first-order valence-electron chi connectivity index (χ1n) is 17.6. The number of hydrogen-bond donors (Lipinski definition) is 5. The molecule has 4 aliphatic rings. The smallest absolute Gasteiger partial charge is 0.289 e. The van der Waals surface area contributed by atoms with Gasteiger partial charge in [-0.1, -0.05) is 40.0 Å². The van der Waals surface area contributed by atoms with Crippen molar-refractivity contribution in [2.45, 2.75) is 147 Å². The van der Waals surface area contributed by atoms with Gasteiger partial charge in [0, 0.05) is 18.5 Å². The third kappa shape index (κ3) is 10.2. The van der Waals surface area contributed by atoms with Crippen LogP contribution < -0.4 is 26.0 Å². The average Bonchev–Trinajstić information content (AvgIpc) is 3.59. The SMILES string of the molecule is C[C@H](NS(C)(=O)=O)C(=O)N[C@H](C(=O)N[C@H](C(=O)N1[C@@H]2CC[C@@H](C2)[C@H]1C(=O)NC(CC(F)F)C(=O)C(=O)NC1CC1)C(C)(C)C)C1CCCCC1. The van der Waals surface area contributed by atoms with Gasteiger partial charge in [-0.3, -0.25) is 28.8 Å². The van der Waals surface area contributed by atoms with Gasteiger partial charge in [-0.15, -0.1) is 0 Å². The summed E-state index contributed by atoms with van der Waals surface area (Å²) >= 11 is 0. The van der Waals surface area contributed by atoms with E-state index in [1.807, 2.05) is 0 Å². The number of nitrogens with zero attached hydrogens (tertiary/aromatic N) is 1. The number of sulfonamides is 1. The number of carbonyl (C=O) groups is 6. The fraction of sp³-hybridized carbons (Fsp3) is 0.818. The highest BCUT2D eigenvalue weighted by molar-refractivity contribution is 7.88. The molecule has 1 saturated heterocycles. The standard InChI is InChI=1S/C33H52F2N6O8S/c1-17(40-50(5,48)49)28(43)38-24(18-9-7-6-8-10-18)29(44)39-27(33(2,3)4)32(47)41-21-14-11-19(15-21)25(41)30(45)37-22(16-23(34)35)26(42)31(46)36-20-12-13-20/h17-25,27,40H,6-16H2,1-5H3,(H,36,46)(H,37,45)(H,38,43)(H,39,44)/t17-,19-,21+,22?,24-,25-,27+/m0/s1. The molecule has 1 aliphatic heterocycles. The summed E-state index contributed by atoms with van der Waals surface area (Å²) in [4.78, 5) is 82.1. The zero-order valence-corrected chi connectivity index (χ0v) is 30.2. The van der Waals surface area contributed by atoms with Crippen LogP contribution in [0.4, 0.5) is 8.78 Å². The topological polar surface area (TPSA) is 200 Å². The second-order valence-electron chi connectivity index (χ2n) is 15.5. The number of likely N-dealkylation sites (tertiary alicyclic amines) is 1. The minimum absolute atomic E-state index is 0.198. The molecular weight excluding hydrogens is 678 g/mol. The van der Waals surface area contributed by atoms with Gasteiger partial charge in [0.25, 0.3) is 5.91 Å². The van der Waals surface area contributed by atoms with E-state index in [2.05, 4.69) is 26.0 Å². The molecule has 3 saturated carbocycles. The Balaban J connectivity index is 1.55. The molecule has 4 fully saturated rings. The third-order valence-corrected chi connectivity index (χ3v) is 11.0. The monoisotopic (exact) mass is 730 g/mol. The summed E-state index contributed by atoms with van der Waals surface area (Å²) in [7, 11) is -3.72. The summed E-state index contributed by atoms with van der Waals surface area (Å²) in [5, 5.41) is 10.4. The number of nitrogens with one attached hydrogen (secondary N) is 5. The van der Waals surface area contributed by atoms with Gasteiger partial charge in [0.05, 0.1) is 12.3 Å². The zero-order valence-electron chi connectivity index (χ0n) is 29.4. The Bertz CT molecular complexity index is 1430. The van der Waals surface area contributed by atoms with Crippen LogP contribution in [-0.2, 0) is 38.8 Å². The van der Waals surface area contributed by atoms with Crippen LogP contribution in [-0.4, -0.2) is 104 Å². The summed E-state index contributed by atoms with van der Waals surface area (Å²) in [6.45, 7) is 6.57. The molecule has 50 heavy (non-hydrogen) atoms. The lowest BCUT2D eigenvalue weighted by Crippen LogP contribution is -2.64. The highest BCUT2D eigenvalue weighted by Gasteiger charge is 2.54. The van der Waals surface area contributed by atoms with Crippen LogP contribution in [0, 0.1) is 17.3 Å². The molecule has 5 amide bonds. The fourth-order valence-corrected chi connectivity index (χ4v) is 8.25. The molecule has 1 unspecified atom stereocenters. The van der Waals surface area contributed by atoms with E-state index < -0.39 is 93.8 Å². The Morgan fingerprint density at radius 2 is 1.50 bits per heavy atom. The number of hydrogen-bond acceptors (Lipinski definition) is 8. The normalized spacial score (nSPS) is 25.0. The lowest BCUT2D eigenvalue weighted by atomic mass is 9.81. The molecule has 14 nitrogen and oxygen atoms in total. The van der Waals surface area contributed by atoms with Gasteiger partial charge in [-0.25, -0.2) is 21.9 Å². The molecule has 0 aromatic rings. The van der Waals surface area contributed by atoms with Gasteiger partial charge in [0.2, 0.25) is 45.9 Å². The Labute approximate surface area is 292 Å². The Hall–Kier alpha value is -3.21. The highest BCUT2D eigenvalue weighted by Crippen LogP contribution is 2.44. The molecule has 0 aromatic carbocycles. The van der Waals surface area contributed by atoms with Crippen molar-refractivity contribution in [2.75, 3.05) is 6.26 Å². The Morgan fingerprint density at radius 1 is 0.860 bits per heavy atom. The summed E-state index contributed by atoms with van der Waals surface area (Å²) in [6.07, 6.45) is 3.74. The number of Topliss-reactive ketones (excluding diaryl/α,β-unsaturated/α-hetero) is 1. The fourth-order valence-electron chi connectivity index (χ4n) is 7.50. The number of carbonyl (C=O) groups excluding carboxylic acids is 6. The van der Waals surface area contributed by atoms with E-state index >= 15 is 0 Å². The number of ketones is 1. The van der Waals surface area contributed by atoms with Crippen LogP contribution >= 0.6 is 0 Å². The van der Waals surface area contributed by atoms with E-state index in [-0.39, 0.29) is 23.9 Å². The molecule has 0 radical (unpaired) electrons. The number of rotatable bonds is 15. The largest absolute Gasteiger partial charge is 0.347 e. The van der Waals surface area contributed by atoms with Crippen LogP contribution in [0.3, 0.4) is 0 Å². The second-order valence-corrected chi connectivity index (χ2v) is 17.3. The number of halogens is 2. The van der Waals surface area contributed by atoms with Gasteiger partial charge in [-0.05, 0) is 69.1 Å². The molecule has 0 aromatic heterocycles. The van der Waals surface area contributed by atoms with E-state index in [9.17, 15) is 46.0 Å². The van der Waals surface area contributed by atoms with Crippen molar-refractivity contribution >= 4 is 45.3 Å². The quantitative estimate of drug-likeness (QED) is 0.153. The number of piperidine rings is 1. The maximum Gasteiger partial charge on any atom is 0.289 e. The molecular formula is C33H52F2N6O8S. The summed E-state index contributed by atoms with van der Waals surface area (Å²) in [5.41, 5.74) is -0.892. The van der Waals surface area contributed by atoms with Gasteiger partial charge in [-0.2, -0.15) is 0 Å². The van der Waals surface area contributed by atoms with E-state index in [4.69, 9.17) is 0 Å². The van der Waals surface area contributed by atoms with Crippen LogP contribution in [0.2, 0.25) is 0 Å². The predicted octanol–water partition coefficient (Wildman–Crippen LogP) is 0.887. The van der Waals surface area contributed by atoms with Crippen molar-refractivity contribution in [3.8, 4) is 0 Å². The van der Waals surface area contributed by atoms with Crippen molar-refractivity contribution in [2.24, 2.45) is 17.3 Å². The molecule has 3 aliphatic carbocycles. The summed E-state index contributed by atoms with van der Waals surface area (Å²) < 4.78 is 52.8. The van der Waals surface area contributed by atoms with Crippen LogP contribution in [0.15, 0.2) is 0 Å². The van der Waals surface area contributed by atoms with E-state index in [0.29, 0.717) is 44.9 Å². The zero-order chi connectivity index (χ0) is 37.1. The Morgan fingerprint density at radius 3 is 2.06 bits per heavy atom. The average molecular weight is 731 g/mol. The first-order chi connectivity index (χ1) is 23.3. The van der Waals surface area contributed by atoms with Crippen LogP contribution in [0.25, 0.3) is 0 Å². The first-order valence-corrected chi connectivity index (χ1v) is 19.5. The maximum atomic E-state index is 14.5. The molecule has 282 valence electrons. The lowest BCUT2D eigenvalue weighted by molar-refractivity contribution is -0.149. The minimum Gasteiger partial charge on any atom is -0.347 e. The van der Waals surface area contributed by atoms with E-state index in [1.54, 1.807) is 20.8 Å². The first kappa shape index (κ1) is 39.6. The van der Waals surface area contributed by atoms with E-state index in [1.165, 1.54) is 11.8 Å². The lowest BCUT2D eigenvalue weighted by Gasteiger charge is -2.41. The van der Waals surface area contributed by atoms with Crippen molar-refractivity contribution in [3.63, 3.8) is 0 Å². The molecule has 17 heteroatoms. The van der Waals surface area contributed by atoms with Gasteiger partial charge in [0.1, 0.15) is 24.2 Å². The minimum atomic E-state index is -3.72. The maximum absolute atomic E-state index is 14.5. The molecule has 0 spiro atoms. The molecule has 2 bridgehead atoms. The molecule has 1 heterocycles. The number of amides is 5. The van der Waals surface area contributed by atoms with Gasteiger partial charge < -0.3 is 26.2 Å². The molecule has 5 N–H and O–H groups in total. The predicted molar refractivity (Wildman–Crippen MR) is 178 cm³/mol. The highest BCUT2D eigenvalue weighted by atomic mass is 32.2. The second kappa shape index (κ2) is 16.0. The molecule has 4 rings (SSSR count). The molecule has 7 atom stereocenters. The number of fused-ring (bicyclic) bond motifs is 2. The van der Waals surface area contributed by atoms with Crippen molar-refractivity contribution in [3.05, 3.63) is 0 Å². The van der Waals surface area contributed by atoms with Crippen molar-refractivity contribution in [1.29, 1.82) is 0 Å². The summed E-state index contributed by atoms with van der Waals surface area (Å²) in [6, 6.07) is -6.87. The third-order valence-electron chi connectivity index (χ3n) is 10.2. The van der Waals surface area contributed by atoms with Crippen LogP contribution in [0.1, 0.15) is 98.3 Å². The van der Waals surface area contributed by atoms with Crippen molar-refractivity contribution < 1.29 is 46.0 Å². The van der Waals surface area contributed by atoms with Crippen molar-refractivity contribution in [1.82, 2.24) is 30.9 Å². The number of alkyl halides is 2. The van der Waals surface area contributed by atoms with E-state index in [0.717, 1.165) is 25.5 Å². The van der Waals surface area contributed by atoms with Gasteiger partial charge >= 0.3 is 0 Å². The summed E-state index contributed by atoms with van der Waals surface area (Å²) in [5.74, 6) is -5.52. The van der Waals surface area contributed by atoms with Gasteiger partial charge in [0.15, 0.2) is 0 Å².